The molecule has 0 aliphatic rings. The first-order valence-electron chi connectivity index (χ1n) is 4.13. The fourth-order valence-electron chi connectivity index (χ4n) is 0.773. The molecule has 0 heterocycles. The lowest BCUT2D eigenvalue weighted by Crippen LogP contribution is -2.08. The number of carbonyl (C=O) groups is 1. The molecule has 1 nitrogen and oxygen atoms in total. The zero-order valence-electron chi connectivity index (χ0n) is 7.98. The number of Topliss-reactive ketones (excluding diaryl/α,β-unsaturated/α-hetero) is 1. The van der Waals surface area contributed by atoms with Gasteiger partial charge < -0.3 is 0 Å². The fourth-order valence-corrected chi connectivity index (χ4v) is 0.773. The molecule has 0 aliphatic carbocycles. The third-order valence-electron chi connectivity index (χ3n) is 2.08. The number of allylic oxidation sites excluding steroid dienone is 1. The van der Waals surface area contributed by atoms with Crippen LogP contribution < -0.4 is 0 Å². The second-order valence-electron chi connectivity index (χ2n) is 3.53. The van der Waals surface area contributed by atoms with Crippen molar-refractivity contribution < 1.29 is 4.79 Å². The Balaban J connectivity index is 3.85. The highest BCUT2D eigenvalue weighted by molar-refractivity contribution is 5.78. The summed E-state index contributed by atoms with van der Waals surface area (Å²) >= 11 is 0. The third kappa shape index (κ3) is 3.97. The highest BCUT2D eigenvalue weighted by Gasteiger charge is 2.10. The van der Waals surface area contributed by atoms with E-state index in [4.69, 9.17) is 0 Å². The van der Waals surface area contributed by atoms with Crippen molar-refractivity contribution in [2.75, 3.05) is 0 Å². The number of rotatable bonds is 4. The average molecular weight is 154 g/mol. The van der Waals surface area contributed by atoms with Gasteiger partial charge in [0, 0.05) is 5.92 Å². The van der Waals surface area contributed by atoms with Crippen LogP contribution in [0.4, 0.5) is 0 Å². The lowest BCUT2D eigenvalue weighted by molar-refractivity contribution is -0.120. The monoisotopic (exact) mass is 154 g/mol. The molecule has 0 aromatic carbocycles. The Morgan fingerprint density at radius 1 is 1.36 bits per heavy atom. The molecule has 11 heavy (non-hydrogen) atoms. The zero-order chi connectivity index (χ0) is 9.02. The summed E-state index contributed by atoms with van der Waals surface area (Å²) in [4.78, 5) is 10.9. The van der Waals surface area contributed by atoms with Gasteiger partial charge >= 0.3 is 0 Å². The Morgan fingerprint density at radius 3 is 2.09 bits per heavy atom. The predicted molar refractivity (Wildman–Crippen MR) is 48.4 cm³/mol. The molecule has 0 unspecified atom stereocenters. The minimum Gasteiger partial charge on any atom is -0.300 e. The van der Waals surface area contributed by atoms with Gasteiger partial charge in [-0.2, -0.15) is 0 Å². The Morgan fingerprint density at radius 2 is 1.82 bits per heavy atom. The van der Waals surface area contributed by atoms with Gasteiger partial charge in [-0.1, -0.05) is 32.9 Å². The first-order valence-corrected chi connectivity index (χ1v) is 4.13. The van der Waals surface area contributed by atoms with E-state index in [9.17, 15) is 4.79 Å². The van der Waals surface area contributed by atoms with Crippen LogP contribution in [0.3, 0.4) is 0 Å². The molecule has 1 atom stereocenters. The quantitative estimate of drug-likeness (QED) is 0.569. The summed E-state index contributed by atoms with van der Waals surface area (Å²) in [6.07, 6.45) is 0.840. The maximum absolute atomic E-state index is 10.9. The smallest absolute Gasteiger partial charge is 0.132 e. The largest absolute Gasteiger partial charge is 0.300 e. The molecular formula is C10H18O. The van der Waals surface area contributed by atoms with Crippen molar-refractivity contribution in [1.82, 2.24) is 0 Å². The number of ketones is 1. The summed E-state index contributed by atoms with van der Waals surface area (Å²) in [6, 6.07) is 0. The average Bonchev–Trinajstić information content (AvgIpc) is 1.87. The van der Waals surface area contributed by atoms with Gasteiger partial charge in [-0.25, -0.2) is 0 Å². The van der Waals surface area contributed by atoms with Crippen molar-refractivity contribution in [3.05, 3.63) is 12.2 Å². The Labute approximate surface area is 69.5 Å². The topological polar surface area (TPSA) is 17.1 Å². The number of hydrogen-bond acceptors (Lipinski definition) is 1. The zero-order valence-corrected chi connectivity index (χ0v) is 7.98. The van der Waals surface area contributed by atoms with Crippen LogP contribution in [0, 0.1) is 11.8 Å². The SMILES string of the molecule is C=C(C[C@H](C)C(C)=O)C(C)C. The van der Waals surface area contributed by atoms with Gasteiger partial charge in [-0.15, -0.1) is 0 Å². The van der Waals surface area contributed by atoms with Gasteiger partial charge in [-0.3, -0.25) is 4.79 Å². The summed E-state index contributed by atoms with van der Waals surface area (Å²) in [5, 5.41) is 0. The Hall–Kier alpha value is -0.590. The van der Waals surface area contributed by atoms with E-state index < -0.39 is 0 Å². The molecule has 0 spiro atoms. The number of hydrogen-bond donors (Lipinski definition) is 0. The summed E-state index contributed by atoms with van der Waals surface area (Å²) < 4.78 is 0. The molecule has 0 bridgehead atoms. The molecule has 0 fully saturated rings. The van der Waals surface area contributed by atoms with Crippen molar-refractivity contribution >= 4 is 5.78 Å². The first kappa shape index (κ1) is 10.4. The van der Waals surface area contributed by atoms with Crippen LogP contribution in [-0.4, -0.2) is 5.78 Å². The van der Waals surface area contributed by atoms with E-state index >= 15 is 0 Å². The third-order valence-corrected chi connectivity index (χ3v) is 2.08. The van der Waals surface area contributed by atoms with Crippen LogP contribution in [0.2, 0.25) is 0 Å². The molecule has 0 saturated heterocycles. The molecule has 0 radical (unpaired) electrons. The lowest BCUT2D eigenvalue weighted by atomic mass is 9.92. The normalized spacial score (nSPS) is 13.2. The van der Waals surface area contributed by atoms with Gasteiger partial charge in [-0.05, 0) is 19.3 Å². The van der Waals surface area contributed by atoms with Crippen LogP contribution >= 0.6 is 0 Å². The van der Waals surface area contributed by atoms with Crippen LogP contribution in [0.25, 0.3) is 0 Å². The van der Waals surface area contributed by atoms with Crippen LogP contribution in [-0.2, 0) is 4.79 Å². The second kappa shape index (κ2) is 4.32. The molecule has 0 saturated carbocycles. The van der Waals surface area contributed by atoms with Crippen LogP contribution in [0.5, 0.6) is 0 Å². The van der Waals surface area contributed by atoms with E-state index in [1.807, 2.05) is 6.92 Å². The minimum atomic E-state index is 0.143. The first-order chi connectivity index (χ1) is 4.95. The summed E-state index contributed by atoms with van der Waals surface area (Å²) in [7, 11) is 0. The number of carbonyl (C=O) groups excluding carboxylic acids is 1. The predicted octanol–water partition coefficient (Wildman–Crippen LogP) is 2.81. The van der Waals surface area contributed by atoms with E-state index in [2.05, 4.69) is 20.4 Å². The molecule has 0 amide bonds. The van der Waals surface area contributed by atoms with E-state index in [1.165, 1.54) is 5.57 Å². The van der Waals surface area contributed by atoms with Crippen molar-refractivity contribution in [1.29, 1.82) is 0 Å². The molecule has 0 rings (SSSR count). The maximum atomic E-state index is 10.9. The van der Waals surface area contributed by atoms with Gasteiger partial charge in [0.15, 0.2) is 0 Å². The highest BCUT2D eigenvalue weighted by Crippen LogP contribution is 2.17. The molecule has 0 aromatic heterocycles. The molecular weight excluding hydrogens is 136 g/mol. The van der Waals surface area contributed by atoms with E-state index in [-0.39, 0.29) is 11.7 Å². The maximum Gasteiger partial charge on any atom is 0.132 e. The second-order valence-corrected chi connectivity index (χ2v) is 3.53. The van der Waals surface area contributed by atoms with E-state index in [1.54, 1.807) is 6.92 Å². The van der Waals surface area contributed by atoms with Crippen molar-refractivity contribution in [3.8, 4) is 0 Å². The molecule has 1 heteroatoms. The molecule has 64 valence electrons. The molecule has 0 aliphatic heterocycles. The molecule has 0 aromatic rings. The van der Waals surface area contributed by atoms with Crippen molar-refractivity contribution in [2.24, 2.45) is 11.8 Å². The summed E-state index contributed by atoms with van der Waals surface area (Å²) in [6.45, 7) is 11.7. The standard InChI is InChI=1S/C10H18O/c1-7(2)8(3)6-9(4)10(5)11/h7,9H,3,6H2,1-2,4-5H3/t9-/m0/s1. The van der Waals surface area contributed by atoms with Crippen LogP contribution in [0.1, 0.15) is 34.1 Å². The van der Waals surface area contributed by atoms with Gasteiger partial charge in [0.25, 0.3) is 0 Å². The van der Waals surface area contributed by atoms with E-state index in [0.29, 0.717) is 5.92 Å². The minimum absolute atomic E-state index is 0.143. The van der Waals surface area contributed by atoms with Gasteiger partial charge in [0.05, 0.1) is 0 Å². The summed E-state index contributed by atoms with van der Waals surface area (Å²) in [5.74, 6) is 0.897. The van der Waals surface area contributed by atoms with E-state index in [0.717, 1.165) is 6.42 Å². The lowest BCUT2D eigenvalue weighted by Gasteiger charge is -2.12. The van der Waals surface area contributed by atoms with Crippen LogP contribution in [0.15, 0.2) is 12.2 Å². The summed E-state index contributed by atoms with van der Waals surface area (Å²) in [5.41, 5.74) is 1.17. The Bertz CT molecular complexity index is 156. The molecule has 0 N–H and O–H groups in total. The highest BCUT2D eigenvalue weighted by atomic mass is 16.1. The van der Waals surface area contributed by atoms with Crippen molar-refractivity contribution in [2.45, 2.75) is 34.1 Å². The van der Waals surface area contributed by atoms with Crippen molar-refractivity contribution in [3.63, 3.8) is 0 Å². The van der Waals surface area contributed by atoms with Gasteiger partial charge in [0.1, 0.15) is 5.78 Å². The van der Waals surface area contributed by atoms with Gasteiger partial charge in [0.2, 0.25) is 0 Å². The fraction of sp³-hybridized carbons (Fsp3) is 0.700. The Kier molecular flexibility index (Phi) is 4.09.